The Morgan fingerprint density at radius 3 is 2.60 bits per heavy atom. The summed E-state index contributed by atoms with van der Waals surface area (Å²) in [6, 6.07) is 18.8. The summed E-state index contributed by atoms with van der Waals surface area (Å²) in [7, 11) is 0. The van der Waals surface area contributed by atoms with Crippen LogP contribution in [0.15, 0.2) is 59.1 Å². The van der Waals surface area contributed by atoms with Crippen molar-refractivity contribution in [2.75, 3.05) is 0 Å². The molecule has 7 nitrogen and oxygen atoms in total. The molecule has 7 heteroatoms. The highest BCUT2D eigenvalue weighted by atomic mass is 16.5. The predicted molar refractivity (Wildman–Crippen MR) is 108 cm³/mol. The molecule has 2 aliphatic rings. The van der Waals surface area contributed by atoms with Crippen LogP contribution in [-0.4, -0.2) is 25.1 Å². The van der Waals surface area contributed by atoms with Gasteiger partial charge in [0.15, 0.2) is 5.69 Å². The number of benzene rings is 2. The van der Waals surface area contributed by atoms with Crippen molar-refractivity contribution >= 4 is 0 Å². The lowest BCUT2D eigenvalue weighted by atomic mass is 9.96. The quantitative estimate of drug-likeness (QED) is 0.516. The van der Waals surface area contributed by atoms with Gasteiger partial charge in [0.05, 0.1) is 24.3 Å². The number of ether oxygens (including phenoxy) is 1. The number of hydrogen-bond acceptors (Lipinski definition) is 6. The van der Waals surface area contributed by atoms with E-state index < -0.39 is 0 Å². The minimum Gasteiger partial charge on any atom is -0.365 e. The molecule has 0 N–H and O–H groups in total. The van der Waals surface area contributed by atoms with E-state index in [1.165, 1.54) is 11.1 Å². The minimum absolute atomic E-state index is 0.0405. The van der Waals surface area contributed by atoms with Crippen molar-refractivity contribution in [2.45, 2.75) is 44.4 Å². The van der Waals surface area contributed by atoms with Gasteiger partial charge in [0.2, 0.25) is 11.7 Å². The first-order valence-electron chi connectivity index (χ1n) is 10.2. The maximum Gasteiger partial charge on any atom is 0.237 e. The molecule has 0 spiro atoms. The summed E-state index contributed by atoms with van der Waals surface area (Å²) < 4.78 is 13.7. The Labute approximate surface area is 173 Å². The van der Waals surface area contributed by atoms with E-state index in [1.54, 1.807) is 0 Å². The number of aromatic nitrogens is 5. The molecular weight excluding hydrogens is 378 g/mol. The monoisotopic (exact) mass is 399 g/mol. The average molecular weight is 399 g/mol. The number of nitrogens with zero attached hydrogens (tertiary/aromatic N) is 5. The lowest BCUT2D eigenvalue weighted by Gasteiger charge is -2.24. The van der Waals surface area contributed by atoms with Crippen LogP contribution < -0.4 is 0 Å². The van der Waals surface area contributed by atoms with Crippen molar-refractivity contribution in [2.24, 2.45) is 0 Å². The molecule has 2 aromatic carbocycles. The molecule has 1 fully saturated rings. The van der Waals surface area contributed by atoms with E-state index in [1.807, 2.05) is 22.9 Å². The van der Waals surface area contributed by atoms with Gasteiger partial charge in [-0.1, -0.05) is 70.5 Å². The van der Waals surface area contributed by atoms with Crippen molar-refractivity contribution in [3.63, 3.8) is 0 Å². The molecule has 1 aliphatic heterocycles. The van der Waals surface area contributed by atoms with Crippen LogP contribution in [0, 0.1) is 6.92 Å². The smallest absolute Gasteiger partial charge is 0.237 e. The zero-order valence-electron chi connectivity index (χ0n) is 16.7. The van der Waals surface area contributed by atoms with Crippen LogP contribution in [-0.2, 0) is 23.3 Å². The molecule has 1 saturated carbocycles. The Hall–Kier alpha value is -3.32. The maximum absolute atomic E-state index is 6.12. The van der Waals surface area contributed by atoms with Gasteiger partial charge < -0.3 is 9.26 Å². The molecule has 3 heterocycles. The van der Waals surface area contributed by atoms with Gasteiger partial charge in [-0.2, -0.15) is 4.98 Å². The van der Waals surface area contributed by atoms with Gasteiger partial charge in [0.25, 0.3) is 0 Å². The summed E-state index contributed by atoms with van der Waals surface area (Å²) in [6.07, 6.45) is 1.99. The number of aryl methyl sites for hydroxylation is 1. The summed E-state index contributed by atoms with van der Waals surface area (Å²) >= 11 is 0. The Kier molecular flexibility index (Phi) is 3.86. The highest BCUT2D eigenvalue weighted by Gasteiger charge is 2.51. The molecule has 0 unspecified atom stereocenters. The summed E-state index contributed by atoms with van der Waals surface area (Å²) in [5, 5.41) is 12.9. The second-order valence-corrected chi connectivity index (χ2v) is 8.15. The first kappa shape index (κ1) is 17.5. The predicted octanol–water partition coefficient (Wildman–Crippen LogP) is 3.99. The normalized spacial score (nSPS) is 19.4. The molecule has 0 bridgehead atoms. The van der Waals surface area contributed by atoms with Gasteiger partial charge in [-0.15, -0.1) is 5.10 Å². The molecule has 150 valence electrons. The van der Waals surface area contributed by atoms with Gasteiger partial charge in [-0.05, 0) is 30.9 Å². The second-order valence-electron chi connectivity index (χ2n) is 8.15. The standard InChI is InChI=1S/C23H21N5O2/c1-15-7-9-16(10-8-15)19-13-28-18(14-29-19)20(25-27-28)21-24-22(30-26-21)23(11-12-23)17-5-3-2-4-6-17/h2-10,19H,11-14H2,1H3/t19-/m1/s1. The Bertz CT molecular complexity index is 1190. The summed E-state index contributed by atoms with van der Waals surface area (Å²) in [5.41, 5.74) is 4.95. The first-order chi connectivity index (χ1) is 14.7. The molecule has 0 amide bonds. The molecule has 1 aliphatic carbocycles. The third-order valence-electron chi connectivity index (χ3n) is 6.17. The number of hydrogen-bond donors (Lipinski definition) is 0. The largest absolute Gasteiger partial charge is 0.365 e. The highest BCUT2D eigenvalue weighted by molar-refractivity contribution is 5.52. The van der Waals surface area contributed by atoms with Crippen molar-refractivity contribution in [3.05, 3.63) is 82.9 Å². The Morgan fingerprint density at radius 1 is 1.03 bits per heavy atom. The molecule has 2 aromatic heterocycles. The van der Waals surface area contributed by atoms with E-state index in [9.17, 15) is 0 Å². The van der Waals surface area contributed by atoms with Crippen LogP contribution >= 0.6 is 0 Å². The number of fused-ring (bicyclic) bond motifs is 1. The topological polar surface area (TPSA) is 78.9 Å². The fraction of sp³-hybridized carbons (Fsp3) is 0.304. The van der Waals surface area contributed by atoms with Crippen LogP contribution in [0.4, 0.5) is 0 Å². The molecular formula is C23H21N5O2. The van der Waals surface area contributed by atoms with Crippen molar-refractivity contribution in [1.29, 1.82) is 0 Å². The zero-order valence-corrected chi connectivity index (χ0v) is 16.7. The van der Waals surface area contributed by atoms with E-state index in [-0.39, 0.29) is 11.5 Å². The van der Waals surface area contributed by atoms with Crippen molar-refractivity contribution < 1.29 is 9.26 Å². The zero-order chi connectivity index (χ0) is 20.1. The third-order valence-corrected chi connectivity index (χ3v) is 6.17. The minimum atomic E-state index is -0.160. The SMILES string of the molecule is Cc1ccc([C@H]2Cn3nnc(-c4noc(C5(c6ccccc6)CC5)n4)c3CO2)cc1. The van der Waals surface area contributed by atoms with Gasteiger partial charge in [0, 0.05) is 0 Å². The highest BCUT2D eigenvalue weighted by Crippen LogP contribution is 2.53. The van der Waals surface area contributed by atoms with Gasteiger partial charge >= 0.3 is 0 Å². The average Bonchev–Trinajstić information content (AvgIpc) is 3.26. The van der Waals surface area contributed by atoms with Gasteiger partial charge in [-0.25, -0.2) is 4.68 Å². The van der Waals surface area contributed by atoms with E-state index in [2.05, 4.69) is 58.8 Å². The third kappa shape index (κ3) is 2.77. The van der Waals surface area contributed by atoms with Crippen LogP contribution in [0.25, 0.3) is 11.5 Å². The summed E-state index contributed by atoms with van der Waals surface area (Å²) in [6.45, 7) is 3.11. The van der Waals surface area contributed by atoms with Crippen LogP contribution in [0.3, 0.4) is 0 Å². The van der Waals surface area contributed by atoms with E-state index in [0.717, 1.165) is 24.1 Å². The van der Waals surface area contributed by atoms with Crippen LogP contribution in [0.5, 0.6) is 0 Å². The van der Waals surface area contributed by atoms with E-state index >= 15 is 0 Å². The lowest BCUT2D eigenvalue weighted by molar-refractivity contribution is -0.00112. The summed E-state index contributed by atoms with van der Waals surface area (Å²) in [5.74, 6) is 1.13. The molecule has 0 radical (unpaired) electrons. The molecule has 4 aromatic rings. The Morgan fingerprint density at radius 2 is 1.83 bits per heavy atom. The van der Waals surface area contributed by atoms with Gasteiger partial charge in [0.1, 0.15) is 6.10 Å². The van der Waals surface area contributed by atoms with Crippen LogP contribution in [0.2, 0.25) is 0 Å². The van der Waals surface area contributed by atoms with E-state index in [0.29, 0.717) is 30.6 Å². The summed E-state index contributed by atoms with van der Waals surface area (Å²) in [4.78, 5) is 4.71. The van der Waals surface area contributed by atoms with Crippen molar-refractivity contribution in [1.82, 2.24) is 25.1 Å². The second kappa shape index (κ2) is 6.60. The first-order valence-corrected chi connectivity index (χ1v) is 10.2. The molecule has 0 saturated heterocycles. The number of rotatable bonds is 4. The fourth-order valence-corrected chi connectivity index (χ4v) is 4.19. The van der Waals surface area contributed by atoms with Gasteiger partial charge in [-0.3, -0.25) is 0 Å². The van der Waals surface area contributed by atoms with E-state index in [4.69, 9.17) is 14.2 Å². The molecule has 1 atom stereocenters. The van der Waals surface area contributed by atoms with Crippen molar-refractivity contribution in [3.8, 4) is 11.5 Å². The molecule has 30 heavy (non-hydrogen) atoms. The Balaban J connectivity index is 1.28. The maximum atomic E-state index is 6.12. The van der Waals surface area contributed by atoms with Crippen LogP contribution in [0.1, 0.15) is 47.2 Å². The lowest BCUT2D eigenvalue weighted by Crippen LogP contribution is -2.22. The molecule has 6 rings (SSSR count). The fourth-order valence-electron chi connectivity index (χ4n) is 4.19.